The van der Waals surface area contributed by atoms with E-state index in [2.05, 4.69) is 9.97 Å². The summed E-state index contributed by atoms with van der Waals surface area (Å²) in [4.78, 5) is 20.1. The van der Waals surface area contributed by atoms with Crippen molar-refractivity contribution in [3.63, 3.8) is 0 Å². The lowest BCUT2D eigenvalue weighted by Gasteiger charge is -2.06. The lowest BCUT2D eigenvalue weighted by molar-refractivity contribution is 0.0992. The molecule has 0 atom stereocenters. The van der Waals surface area contributed by atoms with Gasteiger partial charge in [-0.25, -0.2) is 9.97 Å². The summed E-state index contributed by atoms with van der Waals surface area (Å²) in [5.74, 6) is 0.208. The number of carbonyl (C=O) groups excluding carboxylic acids is 1. The summed E-state index contributed by atoms with van der Waals surface area (Å²) in [6.45, 7) is 0. The molecule has 1 aromatic carbocycles. The Hall–Kier alpha value is -1.65. The largest absolute Gasteiger partial charge is 0.481 e. The van der Waals surface area contributed by atoms with E-state index >= 15 is 0 Å². The maximum absolute atomic E-state index is 12.2. The van der Waals surface area contributed by atoms with E-state index in [9.17, 15) is 4.79 Å². The van der Waals surface area contributed by atoms with Crippen molar-refractivity contribution in [3.8, 4) is 5.88 Å². The fraction of sp³-hybridized carbons (Fsp3) is 0.154. The zero-order chi connectivity index (χ0) is 13.8. The molecule has 0 radical (unpaired) electrons. The second kappa shape index (κ2) is 5.99. The summed E-state index contributed by atoms with van der Waals surface area (Å²) < 4.78 is 4.98. The maximum Gasteiger partial charge on any atom is 0.216 e. The van der Waals surface area contributed by atoms with Gasteiger partial charge in [-0.2, -0.15) is 0 Å². The molecule has 0 saturated heterocycles. The number of ether oxygens (including phenoxy) is 1. The molecule has 2 aromatic rings. The van der Waals surface area contributed by atoms with Crippen LogP contribution in [0.4, 0.5) is 0 Å². The molecule has 0 aliphatic carbocycles. The van der Waals surface area contributed by atoms with Crippen LogP contribution in [-0.4, -0.2) is 22.9 Å². The SMILES string of the molecule is COc1cc(CC(=O)c2c(Cl)cccc2Cl)ncn1. The van der Waals surface area contributed by atoms with Gasteiger partial charge in [-0.05, 0) is 12.1 Å². The molecular weight excluding hydrogens is 287 g/mol. The molecular formula is C13H10Cl2N2O2. The van der Waals surface area contributed by atoms with Crippen LogP contribution in [0.3, 0.4) is 0 Å². The van der Waals surface area contributed by atoms with Crippen molar-refractivity contribution in [3.05, 3.63) is 51.9 Å². The van der Waals surface area contributed by atoms with Gasteiger partial charge in [0.2, 0.25) is 5.88 Å². The lowest BCUT2D eigenvalue weighted by Crippen LogP contribution is -2.07. The van der Waals surface area contributed by atoms with Crippen LogP contribution in [0.1, 0.15) is 16.1 Å². The first kappa shape index (κ1) is 13.8. The standard InChI is InChI=1S/C13H10Cl2N2O2/c1-19-12-6-8(16-7-17-12)5-11(18)13-9(14)3-2-4-10(13)15/h2-4,6-7H,5H2,1H3. The van der Waals surface area contributed by atoms with E-state index in [0.29, 0.717) is 27.2 Å². The molecule has 6 heteroatoms. The van der Waals surface area contributed by atoms with Gasteiger partial charge in [-0.3, -0.25) is 4.79 Å². The van der Waals surface area contributed by atoms with Gasteiger partial charge in [-0.15, -0.1) is 0 Å². The molecule has 1 heterocycles. The van der Waals surface area contributed by atoms with E-state index < -0.39 is 0 Å². The van der Waals surface area contributed by atoms with Crippen LogP contribution in [0.25, 0.3) is 0 Å². The summed E-state index contributed by atoms with van der Waals surface area (Å²) in [5.41, 5.74) is 0.858. The Labute approximate surface area is 120 Å². The van der Waals surface area contributed by atoms with E-state index in [4.69, 9.17) is 27.9 Å². The Morgan fingerprint density at radius 2 is 1.95 bits per heavy atom. The van der Waals surface area contributed by atoms with Crippen molar-refractivity contribution in [2.24, 2.45) is 0 Å². The third-order valence-electron chi connectivity index (χ3n) is 2.49. The van der Waals surface area contributed by atoms with Crippen LogP contribution in [0.2, 0.25) is 10.0 Å². The van der Waals surface area contributed by atoms with E-state index in [1.165, 1.54) is 13.4 Å². The Morgan fingerprint density at radius 1 is 1.26 bits per heavy atom. The smallest absolute Gasteiger partial charge is 0.216 e. The van der Waals surface area contributed by atoms with E-state index in [1.807, 2.05) is 0 Å². The highest BCUT2D eigenvalue weighted by Crippen LogP contribution is 2.25. The highest BCUT2D eigenvalue weighted by molar-refractivity contribution is 6.39. The minimum Gasteiger partial charge on any atom is -0.481 e. The quantitative estimate of drug-likeness (QED) is 0.813. The third kappa shape index (κ3) is 3.22. The molecule has 0 fully saturated rings. The molecule has 0 spiro atoms. The molecule has 0 amide bonds. The number of rotatable bonds is 4. The Bertz CT molecular complexity index is 597. The average Bonchev–Trinajstić information content (AvgIpc) is 2.38. The Morgan fingerprint density at radius 3 is 2.58 bits per heavy atom. The topological polar surface area (TPSA) is 52.1 Å². The molecule has 2 rings (SSSR count). The van der Waals surface area contributed by atoms with Crippen molar-refractivity contribution in [2.45, 2.75) is 6.42 Å². The molecule has 0 bridgehead atoms. The fourth-order valence-electron chi connectivity index (χ4n) is 1.60. The van der Waals surface area contributed by atoms with Gasteiger partial charge in [0, 0.05) is 6.07 Å². The zero-order valence-electron chi connectivity index (χ0n) is 10.1. The number of benzene rings is 1. The van der Waals surface area contributed by atoms with Crippen molar-refractivity contribution in [2.75, 3.05) is 7.11 Å². The van der Waals surface area contributed by atoms with Crippen molar-refractivity contribution < 1.29 is 9.53 Å². The predicted molar refractivity (Wildman–Crippen MR) is 73.1 cm³/mol. The maximum atomic E-state index is 12.2. The first-order valence-electron chi connectivity index (χ1n) is 5.44. The number of halogens is 2. The highest BCUT2D eigenvalue weighted by atomic mass is 35.5. The number of carbonyl (C=O) groups is 1. The van der Waals surface area contributed by atoms with Crippen molar-refractivity contribution in [1.82, 2.24) is 9.97 Å². The van der Waals surface area contributed by atoms with E-state index in [1.54, 1.807) is 24.3 Å². The van der Waals surface area contributed by atoms with Gasteiger partial charge in [0.1, 0.15) is 6.33 Å². The zero-order valence-corrected chi connectivity index (χ0v) is 11.6. The van der Waals surface area contributed by atoms with E-state index in [0.717, 1.165) is 0 Å². The molecule has 4 nitrogen and oxygen atoms in total. The second-order valence-electron chi connectivity index (χ2n) is 3.75. The van der Waals surface area contributed by atoms with Crippen molar-refractivity contribution >= 4 is 29.0 Å². The lowest BCUT2D eigenvalue weighted by atomic mass is 10.1. The number of nitrogens with zero attached hydrogens (tertiary/aromatic N) is 2. The van der Waals surface area contributed by atoms with Crippen LogP contribution in [0.5, 0.6) is 5.88 Å². The summed E-state index contributed by atoms with van der Waals surface area (Å²) in [6.07, 6.45) is 1.43. The number of methoxy groups -OCH3 is 1. The van der Waals surface area contributed by atoms with Crippen LogP contribution in [-0.2, 0) is 6.42 Å². The molecule has 19 heavy (non-hydrogen) atoms. The van der Waals surface area contributed by atoms with E-state index in [-0.39, 0.29) is 12.2 Å². The first-order chi connectivity index (χ1) is 9.11. The second-order valence-corrected chi connectivity index (χ2v) is 4.56. The fourth-order valence-corrected chi connectivity index (χ4v) is 2.21. The number of hydrogen-bond acceptors (Lipinski definition) is 4. The number of aromatic nitrogens is 2. The van der Waals surface area contributed by atoms with Gasteiger partial charge in [0.05, 0.1) is 34.8 Å². The predicted octanol–water partition coefficient (Wildman–Crippen LogP) is 3.22. The Balaban J connectivity index is 2.26. The molecule has 0 aliphatic rings. The minimum atomic E-state index is -0.198. The average molecular weight is 297 g/mol. The molecule has 98 valence electrons. The van der Waals surface area contributed by atoms with Gasteiger partial charge in [0.25, 0.3) is 0 Å². The molecule has 0 N–H and O–H groups in total. The summed E-state index contributed by atoms with van der Waals surface area (Å²) in [7, 11) is 1.50. The minimum absolute atomic E-state index is 0.0856. The summed E-state index contributed by atoms with van der Waals surface area (Å²) >= 11 is 12.0. The molecule has 1 aromatic heterocycles. The van der Waals surface area contributed by atoms with Gasteiger partial charge in [-0.1, -0.05) is 29.3 Å². The Kier molecular flexibility index (Phi) is 4.35. The van der Waals surface area contributed by atoms with Crippen LogP contribution in [0.15, 0.2) is 30.6 Å². The molecule has 0 aliphatic heterocycles. The summed E-state index contributed by atoms with van der Waals surface area (Å²) in [6, 6.07) is 6.54. The number of Topliss-reactive ketones (excluding diaryl/α,β-unsaturated/α-hetero) is 1. The number of ketones is 1. The number of hydrogen-bond donors (Lipinski definition) is 0. The van der Waals surface area contributed by atoms with Crippen LogP contribution < -0.4 is 4.74 Å². The molecule has 0 saturated carbocycles. The van der Waals surface area contributed by atoms with Gasteiger partial charge < -0.3 is 4.74 Å². The third-order valence-corrected chi connectivity index (χ3v) is 3.12. The summed E-state index contributed by atoms with van der Waals surface area (Å²) in [5, 5.41) is 0.664. The van der Waals surface area contributed by atoms with Crippen LogP contribution >= 0.6 is 23.2 Å². The van der Waals surface area contributed by atoms with Crippen LogP contribution in [0, 0.1) is 0 Å². The monoisotopic (exact) mass is 296 g/mol. The molecule has 0 unspecified atom stereocenters. The van der Waals surface area contributed by atoms with Gasteiger partial charge in [0.15, 0.2) is 5.78 Å². The normalized spacial score (nSPS) is 10.3. The van der Waals surface area contributed by atoms with Gasteiger partial charge >= 0.3 is 0 Å². The van der Waals surface area contributed by atoms with Crippen molar-refractivity contribution in [1.29, 1.82) is 0 Å². The highest BCUT2D eigenvalue weighted by Gasteiger charge is 2.15. The first-order valence-corrected chi connectivity index (χ1v) is 6.19.